The monoisotopic (exact) mass is 344 g/mol. The van der Waals surface area contributed by atoms with Crippen LogP contribution in [0.5, 0.6) is 0 Å². The molecule has 1 aromatic carbocycles. The lowest BCUT2D eigenvalue weighted by molar-refractivity contribution is 0.00578. The van der Waals surface area contributed by atoms with Gasteiger partial charge in [0.25, 0.3) is 0 Å². The van der Waals surface area contributed by atoms with Gasteiger partial charge in [0.2, 0.25) is 0 Å². The first kappa shape index (κ1) is 18.0. The van der Waals surface area contributed by atoms with Gasteiger partial charge < -0.3 is 14.0 Å². The van der Waals surface area contributed by atoms with E-state index in [-0.39, 0.29) is 0 Å². The molecule has 1 aliphatic rings. The second-order valence-electron chi connectivity index (χ2n) is 7.42. The van der Waals surface area contributed by atoms with Crippen LogP contribution in [0.4, 0.5) is 4.79 Å². The summed E-state index contributed by atoms with van der Waals surface area (Å²) in [4.78, 5) is 16.5. The SMILES string of the molecule is CCCCOC(=O)n1cnc2ccc(B3OC(C)(C)C(C)(C)O3)cc21. The van der Waals surface area contributed by atoms with Crippen molar-refractivity contribution in [2.45, 2.75) is 58.7 Å². The van der Waals surface area contributed by atoms with Crippen LogP contribution in [-0.2, 0) is 14.0 Å². The fourth-order valence-electron chi connectivity index (χ4n) is 2.67. The van der Waals surface area contributed by atoms with Crippen molar-refractivity contribution in [2.24, 2.45) is 0 Å². The molecule has 25 heavy (non-hydrogen) atoms. The minimum absolute atomic E-state index is 0.409. The van der Waals surface area contributed by atoms with Gasteiger partial charge in [-0.3, -0.25) is 0 Å². The number of ether oxygens (including phenoxy) is 1. The van der Waals surface area contributed by atoms with E-state index in [1.165, 1.54) is 10.9 Å². The number of aromatic nitrogens is 2. The predicted octanol–water partition coefficient (Wildman–Crippen LogP) is 3.12. The first-order valence-corrected chi connectivity index (χ1v) is 8.75. The largest absolute Gasteiger partial charge is 0.494 e. The average Bonchev–Trinajstić information content (AvgIpc) is 3.05. The Balaban J connectivity index is 1.87. The van der Waals surface area contributed by atoms with Crippen LogP contribution in [-0.4, -0.2) is 40.6 Å². The molecule has 0 unspecified atom stereocenters. The van der Waals surface area contributed by atoms with Crippen LogP contribution in [0, 0.1) is 0 Å². The minimum atomic E-state index is -0.478. The lowest BCUT2D eigenvalue weighted by Gasteiger charge is -2.32. The first-order valence-electron chi connectivity index (χ1n) is 8.75. The van der Waals surface area contributed by atoms with Crippen LogP contribution in [0.25, 0.3) is 11.0 Å². The van der Waals surface area contributed by atoms with E-state index in [4.69, 9.17) is 14.0 Å². The van der Waals surface area contributed by atoms with E-state index in [1.807, 2.05) is 45.9 Å². The Morgan fingerprint density at radius 1 is 1.24 bits per heavy atom. The van der Waals surface area contributed by atoms with Gasteiger partial charge in [-0.25, -0.2) is 14.3 Å². The highest BCUT2D eigenvalue weighted by atomic mass is 16.7. The zero-order chi connectivity index (χ0) is 18.2. The third-order valence-corrected chi connectivity index (χ3v) is 5.02. The molecule has 0 aliphatic carbocycles. The van der Waals surface area contributed by atoms with Crippen molar-refractivity contribution in [1.29, 1.82) is 0 Å². The van der Waals surface area contributed by atoms with Crippen molar-refractivity contribution in [3.05, 3.63) is 24.5 Å². The Labute approximate surface area is 148 Å². The maximum Gasteiger partial charge on any atom is 0.494 e. The minimum Gasteiger partial charge on any atom is -0.449 e. The summed E-state index contributed by atoms with van der Waals surface area (Å²) in [5.41, 5.74) is 1.45. The Morgan fingerprint density at radius 2 is 1.92 bits per heavy atom. The normalized spacial score (nSPS) is 18.7. The van der Waals surface area contributed by atoms with Crippen LogP contribution < -0.4 is 5.46 Å². The summed E-state index contributed by atoms with van der Waals surface area (Å²) in [6, 6.07) is 5.67. The highest BCUT2D eigenvalue weighted by Crippen LogP contribution is 2.36. The van der Waals surface area contributed by atoms with Crippen LogP contribution >= 0.6 is 0 Å². The van der Waals surface area contributed by atoms with E-state index in [0.717, 1.165) is 23.8 Å². The number of nitrogens with zero attached hydrogens (tertiary/aromatic N) is 2. The summed E-state index contributed by atoms with van der Waals surface area (Å²) in [7, 11) is -0.478. The van der Waals surface area contributed by atoms with Crippen molar-refractivity contribution >= 4 is 29.7 Å². The molecule has 0 radical (unpaired) electrons. The number of fused-ring (bicyclic) bond motifs is 1. The van der Waals surface area contributed by atoms with Crippen molar-refractivity contribution in [3.8, 4) is 0 Å². The van der Waals surface area contributed by atoms with Crippen LogP contribution in [0.1, 0.15) is 47.5 Å². The van der Waals surface area contributed by atoms with Gasteiger partial charge in [-0.15, -0.1) is 0 Å². The number of unbranched alkanes of at least 4 members (excludes halogenated alkanes) is 1. The van der Waals surface area contributed by atoms with Gasteiger partial charge in [-0.05, 0) is 51.7 Å². The number of carbonyl (C=O) groups is 1. The van der Waals surface area contributed by atoms with E-state index in [0.29, 0.717) is 12.1 Å². The third kappa shape index (κ3) is 3.31. The maximum absolute atomic E-state index is 12.3. The topological polar surface area (TPSA) is 62.6 Å². The summed E-state index contributed by atoms with van der Waals surface area (Å²) in [6.07, 6.45) is 2.90. The number of benzene rings is 1. The maximum atomic E-state index is 12.3. The van der Waals surface area contributed by atoms with Gasteiger partial charge in [-0.1, -0.05) is 19.4 Å². The predicted molar refractivity (Wildman–Crippen MR) is 97.1 cm³/mol. The van der Waals surface area contributed by atoms with E-state index in [2.05, 4.69) is 11.9 Å². The molecule has 1 aromatic heterocycles. The summed E-state index contributed by atoms with van der Waals surface area (Å²) in [5, 5.41) is 0. The molecule has 1 aliphatic heterocycles. The highest BCUT2D eigenvalue weighted by molar-refractivity contribution is 6.62. The first-order chi connectivity index (χ1) is 11.7. The van der Waals surface area contributed by atoms with Crippen LogP contribution in [0.3, 0.4) is 0 Å². The molecule has 134 valence electrons. The van der Waals surface area contributed by atoms with E-state index in [1.54, 1.807) is 0 Å². The molecular formula is C18H25BN2O4. The molecule has 0 spiro atoms. The molecule has 0 N–H and O–H groups in total. The van der Waals surface area contributed by atoms with Gasteiger partial charge >= 0.3 is 13.2 Å². The van der Waals surface area contributed by atoms with Crippen molar-refractivity contribution in [1.82, 2.24) is 9.55 Å². The Kier molecular flexibility index (Phi) is 4.64. The quantitative estimate of drug-likeness (QED) is 0.630. The zero-order valence-electron chi connectivity index (χ0n) is 15.5. The molecule has 3 rings (SSSR count). The molecule has 1 saturated heterocycles. The third-order valence-electron chi connectivity index (χ3n) is 5.02. The molecular weight excluding hydrogens is 319 g/mol. The smallest absolute Gasteiger partial charge is 0.449 e. The number of hydrogen-bond donors (Lipinski definition) is 0. The lowest BCUT2D eigenvalue weighted by atomic mass is 9.79. The van der Waals surface area contributed by atoms with Crippen molar-refractivity contribution in [3.63, 3.8) is 0 Å². The molecule has 0 atom stereocenters. The number of carbonyl (C=O) groups excluding carboxylic acids is 1. The van der Waals surface area contributed by atoms with E-state index in [9.17, 15) is 4.79 Å². The van der Waals surface area contributed by atoms with Crippen LogP contribution in [0.15, 0.2) is 24.5 Å². The van der Waals surface area contributed by atoms with Gasteiger partial charge in [-0.2, -0.15) is 0 Å². The highest BCUT2D eigenvalue weighted by Gasteiger charge is 2.51. The summed E-state index contributed by atoms with van der Waals surface area (Å²) < 4.78 is 18.9. The van der Waals surface area contributed by atoms with Crippen LogP contribution in [0.2, 0.25) is 0 Å². The summed E-state index contributed by atoms with van der Waals surface area (Å²) in [5.74, 6) is 0. The molecule has 7 heteroatoms. The number of hydrogen-bond acceptors (Lipinski definition) is 5. The molecule has 2 heterocycles. The zero-order valence-corrected chi connectivity index (χ0v) is 15.5. The molecule has 0 amide bonds. The number of imidazole rings is 1. The van der Waals surface area contributed by atoms with E-state index >= 15 is 0 Å². The Bertz CT molecular complexity index is 768. The Hall–Kier alpha value is -1.86. The second kappa shape index (κ2) is 6.46. The second-order valence-corrected chi connectivity index (χ2v) is 7.42. The van der Waals surface area contributed by atoms with Gasteiger partial charge in [0, 0.05) is 0 Å². The molecule has 0 saturated carbocycles. The fourth-order valence-corrected chi connectivity index (χ4v) is 2.67. The molecule has 6 nitrogen and oxygen atoms in total. The number of rotatable bonds is 4. The summed E-state index contributed by atoms with van der Waals surface area (Å²) >= 11 is 0. The molecule has 2 aromatic rings. The van der Waals surface area contributed by atoms with Gasteiger partial charge in [0.05, 0.1) is 28.8 Å². The lowest BCUT2D eigenvalue weighted by Crippen LogP contribution is -2.41. The molecule has 0 bridgehead atoms. The summed E-state index contributed by atoms with van der Waals surface area (Å²) in [6.45, 7) is 10.5. The van der Waals surface area contributed by atoms with Crippen molar-refractivity contribution < 1.29 is 18.8 Å². The van der Waals surface area contributed by atoms with Gasteiger partial charge in [0.1, 0.15) is 6.33 Å². The van der Waals surface area contributed by atoms with Gasteiger partial charge in [0.15, 0.2) is 0 Å². The molecule has 1 fully saturated rings. The Morgan fingerprint density at radius 3 is 2.56 bits per heavy atom. The van der Waals surface area contributed by atoms with Crippen molar-refractivity contribution in [2.75, 3.05) is 6.61 Å². The van der Waals surface area contributed by atoms with E-state index < -0.39 is 24.4 Å². The standard InChI is InChI=1S/C18H25BN2O4/c1-6-7-10-23-16(22)21-12-20-14-9-8-13(11-15(14)21)19-24-17(2,3)18(4,5)25-19/h8-9,11-12H,6-7,10H2,1-5H3. The average molecular weight is 344 g/mol. The fraction of sp³-hybridized carbons (Fsp3) is 0.556.